The molecule has 0 bridgehead atoms. The second-order valence-electron chi connectivity index (χ2n) is 6.63. The Labute approximate surface area is 123 Å². The quantitative estimate of drug-likeness (QED) is 0.928. The maximum atomic E-state index is 12.5. The summed E-state index contributed by atoms with van der Waals surface area (Å²) in [7, 11) is 0. The summed E-state index contributed by atoms with van der Waals surface area (Å²) >= 11 is 0. The van der Waals surface area contributed by atoms with Crippen molar-refractivity contribution in [3.05, 3.63) is 24.0 Å². The zero-order valence-corrected chi connectivity index (χ0v) is 12.7. The second-order valence-corrected chi connectivity index (χ2v) is 6.63. The number of nitrogens with one attached hydrogen (secondary N) is 1. The van der Waals surface area contributed by atoms with E-state index in [1.54, 1.807) is 0 Å². The van der Waals surface area contributed by atoms with Gasteiger partial charge in [0.25, 0.3) is 0 Å². The van der Waals surface area contributed by atoms with Gasteiger partial charge in [-0.1, -0.05) is 0 Å². The molecule has 118 valence electrons. The predicted octanol–water partition coefficient (Wildman–Crippen LogP) is 3.31. The molecule has 1 aromatic heterocycles. The van der Waals surface area contributed by atoms with Crippen molar-refractivity contribution in [1.29, 1.82) is 0 Å². The zero-order chi connectivity index (χ0) is 15.7. The maximum Gasteiger partial charge on any atom is 0.433 e. The van der Waals surface area contributed by atoms with E-state index in [4.69, 9.17) is 0 Å². The summed E-state index contributed by atoms with van der Waals surface area (Å²) < 4.78 is 37.5. The van der Waals surface area contributed by atoms with Crippen molar-refractivity contribution in [2.45, 2.75) is 38.9 Å². The highest BCUT2D eigenvalue weighted by molar-refractivity contribution is 5.45. The first kappa shape index (κ1) is 16.1. The summed E-state index contributed by atoms with van der Waals surface area (Å²) in [6, 6.07) is 2.56. The fourth-order valence-corrected chi connectivity index (χ4v) is 2.43. The molecule has 6 heteroatoms. The fraction of sp³-hybridized carbons (Fsp3) is 0.667. The van der Waals surface area contributed by atoms with Crippen LogP contribution in [0.5, 0.6) is 0 Å². The van der Waals surface area contributed by atoms with Gasteiger partial charge < -0.3 is 10.2 Å². The van der Waals surface area contributed by atoms with Crippen LogP contribution in [0.25, 0.3) is 0 Å². The molecule has 1 unspecified atom stereocenters. The third kappa shape index (κ3) is 4.59. The van der Waals surface area contributed by atoms with Gasteiger partial charge in [0.1, 0.15) is 5.69 Å². The van der Waals surface area contributed by atoms with Crippen molar-refractivity contribution < 1.29 is 13.2 Å². The number of anilines is 1. The molecule has 1 aromatic rings. The Kier molecular flexibility index (Phi) is 4.46. The average Bonchev–Trinajstić information content (AvgIpc) is 2.83. The van der Waals surface area contributed by atoms with Gasteiger partial charge in [-0.25, -0.2) is 4.98 Å². The third-order valence-corrected chi connectivity index (χ3v) is 3.61. The van der Waals surface area contributed by atoms with Crippen LogP contribution in [0.3, 0.4) is 0 Å². The van der Waals surface area contributed by atoms with Crippen LogP contribution >= 0.6 is 0 Å². The highest BCUT2D eigenvalue weighted by atomic mass is 19.4. The first-order chi connectivity index (χ1) is 9.65. The Morgan fingerprint density at radius 2 is 2.00 bits per heavy atom. The second kappa shape index (κ2) is 5.83. The molecule has 0 amide bonds. The van der Waals surface area contributed by atoms with Gasteiger partial charge in [0.05, 0.1) is 11.9 Å². The van der Waals surface area contributed by atoms with Crippen molar-refractivity contribution in [3.8, 4) is 0 Å². The summed E-state index contributed by atoms with van der Waals surface area (Å²) in [5, 5.41) is 3.47. The van der Waals surface area contributed by atoms with Crippen LogP contribution in [0.4, 0.5) is 18.9 Å². The largest absolute Gasteiger partial charge is 0.433 e. The lowest BCUT2D eigenvalue weighted by molar-refractivity contribution is -0.141. The van der Waals surface area contributed by atoms with Crippen molar-refractivity contribution in [3.63, 3.8) is 0 Å². The first-order valence-corrected chi connectivity index (χ1v) is 7.18. The fourth-order valence-electron chi connectivity index (χ4n) is 2.43. The van der Waals surface area contributed by atoms with Crippen molar-refractivity contribution in [1.82, 2.24) is 10.3 Å². The zero-order valence-electron chi connectivity index (χ0n) is 12.7. The van der Waals surface area contributed by atoms with Crippen LogP contribution in [-0.2, 0) is 6.18 Å². The number of nitrogens with zero attached hydrogens (tertiary/aromatic N) is 2. The van der Waals surface area contributed by atoms with E-state index >= 15 is 0 Å². The third-order valence-electron chi connectivity index (χ3n) is 3.61. The summed E-state index contributed by atoms with van der Waals surface area (Å²) in [4.78, 5) is 5.62. The molecule has 1 atom stereocenters. The standard InChI is InChI=1S/C15H22F3N3/c1-14(2,3)20-8-11-6-7-21(10-11)12-4-5-13(19-9-12)15(16,17)18/h4-5,9,11,20H,6-8,10H2,1-3H3. The van der Waals surface area contributed by atoms with E-state index in [1.807, 2.05) is 0 Å². The van der Waals surface area contributed by atoms with E-state index < -0.39 is 11.9 Å². The van der Waals surface area contributed by atoms with Crippen LogP contribution in [0.2, 0.25) is 0 Å². The normalized spacial score (nSPS) is 20.1. The van der Waals surface area contributed by atoms with Gasteiger partial charge in [0, 0.05) is 25.2 Å². The van der Waals surface area contributed by atoms with Crippen LogP contribution in [-0.4, -0.2) is 30.2 Å². The van der Waals surface area contributed by atoms with Crippen LogP contribution in [0.1, 0.15) is 32.9 Å². The number of hydrogen-bond acceptors (Lipinski definition) is 3. The number of aromatic nitrogens is 1. The van der Waals surface area contributed by atoms with Gasteiger partial charge >= 0.3 is 6.18 Å². The molecule has 1 N–H and O–H groups in total. The Balaban J connectivity index is 1.92. The predicted molar refractivity (Wildman–Crippen MR) is 77.3 cm³/mol. The van der Waals surface area contributed by atoms with E-state index in [0.29, 0.717) is 5.92 Å². The average molecular weight is 301 g/mol. The monoisotopic (exact) mass is 301 g/mol. The summed E-state index contributed by atoms with van der Waals surface area (Å²) in [6.07, 6.45) is -2.00. The number of pyridine rings is 1. The number of rotatable bonds is 3. The van der Waals surface area contributed by atoms with Gasteiger partial charge in [0.15, 0.2) is 0 Å². The van der Waals surface area contributed by atoms with Gasteiger partial charge in [0.2, 0.25) is 0 Å². The summed E-state index contributed by atoms with van der Waals surface area (Å²) in [5.41, 5.74) is 0.0150. The molecule has 2 rings (SSSR count). The minimum atomic E-state index is -4.37. The van der Waals surface area contributed by atoms with Gasteiger partial charge in [-0.05, 0) is 45.2 Å². The lowest BCUT2D eigenvalue weighted by Crippen LogP contribution is -2.39. The summed E-state index contributed by atoms with van der Waals surface area (Å²) in [6.45, 7) is 9.02. The van der Waals surface area contributed by atoms with Crippen molar-refractivity contribution in [2.75, 3.05) is 24.5 Å². The first-order valence-electron chi connectivity index (χ1n) is 7.18. The Hall–Kier alpha value is -1.30. The van der Waals surface area contributed by atoms with E-state index in [-0.39, 0.29) is 5.54 Å². The van der Waals surface area contributed by atoms with Crippen LogP contribution < -0.4 is 10.2 Å². The van der Waals surface area contributed by atoms with Crippen molar-refractivity contribution in [2.24, 2.45) is 5.92 Å². The maximum absolute atomic E-state index is 12.5. The van der Waals surface area contributed by atoms with E-state index in [0.717, 1.165) is 37.8 Å². The molecule has 3 nitrogen and oxygen atoms in total. The molecular weight excluding hydrogens is 279 g/mol. The Morgan fingerprint density at radius 1 is 1.29 bits per heavy atom. The molecule has 2 heterocycles. The smallest absolute Gasteiger partial charge is 0.370 e. The molecule has 1 fully saturated rings. The number of alkyl halides is 3. The lowest BCUT2D eigenvalue weighted by atomic mass is 10.1. The summed E-state index contributed by atoms with van der Waals surface area (Å²) in [5.74, 6) is 0.520. The van der Waals surface area contributed by atoms with E-state index in [9.17, 15) is 13.2 Å². The molecular formula is C15H22F3N3. The molecule has 0 radical (unpaired) electrons. The van der Waals surface area contributed by atoms with E-state index in [1.165, 1.54) is 12.3 Å². The van der Waals surface area contributed by atoms with Gasteiger partial charge in [-0.15, -0.1) is 0 Å². The van der Waals surface area contributed by atoms with Crippen LogP contribution in [0.15, 0.2) is 18.3 Å². The molecule has 0 saturated carbocycles. The van der Waals surface area contributed by atoms with Gasteiger partial charge in [-0.3, -0.25) is 0 Å². The highest BCUT2D eigenvalue weighted by Crippen LogP contribution is 2.29. The Morgan fingerprint density at radius 3 is 2.52 bits per heavy atom. The molecule has 0 aromatic carbocycles. The molecule has 1 aliphatic rings. The topological polar surface area (TPSA) is 28.2 Å². The number of halogens is 3. The van der Waals surface area contributed by atoms with Crippen molar-refractivity contribution >= 4 is 5.69 Å². The lowest BCUT2D eigenvalue weighted by Gasteiger charge is -2.24. The molecule has 0 spiro atoms. The molecule has 1 saturated heterocycles. The van der Waals surface area contributed by atoms with E-state index in [2.05, 4.69) is 36.0 Å². The molecule has 1 aliphatic heterocycles. The minimum Gasteiger partial charge on any atom is -0.370 e. The Bertz CT molecular complexity index is 463. The highest BCUT2D eigenvalue weighted by Gasteiger charge is 2.32. The van der Waals surface area contributed by atoms with Crippen LogP contribution in [0, 0.1) is 5.92 Å². The number of hydrogen-bond donors (Lipinski definition) is 1. The molecule has 0 aliphatic carbocycles. The van der Waals surface area contributed by atoms with Gasteiger partial charge in [-0.2, -0.15) is 13.2 Å². The molecule has 21 heavy (non-hydrogen) atoms. The minimum absolute atomic E-state index is 0.0866. The SMILES string of the molecule is CC(C)(C)NCC1CCN(c2ccc(C(F)(F)F)nc2)C1.